The fourth-order valence-corrected chi connectivity index (χ4v) is 3.18. The molecular weight excluding hydrogens is 424 g/mol. The molecule has 0 amide bonds. The zero-order valence-electron chi connectivity index (χ0n) is 17.5. The Morgan fingerprint density at radius 1 is 1.15 bits per heavy atom. The van der Waals surface area contributed by atoms with Crippen LogP contribution >= 0.6 is 0 Å². The molecule has 2 heterocycles. The number of aromatic nitrogens is 3. The summed E-state index contributed by atoms with van der Waals surface area (Å²) in [7, 11) is 1.83. The number of non-ortho nitro benzene ring substituents is 1. The zero-order valence-corrected chi connectivity index (χ0v) is 17.5. The lowest BCUT2D eigenvalue weighted by molar-refractivity contribution is -0.666. The Morgan fingerprint density at radius 2 is 1.91 bits per heavy atom. The van der Waals surface area contributed by atoms with Crippen molar-refractivity contribution in [3.05, 3.63) is 103 Å². The molecule has 0 fully saturated rings. The van der Waals surface area contributed by atoms with Crippen molar-refractivity contribution in [2.75, 3.05) is 0 Å². The van der Waals surface area contributed by atoms with Gasteiger partial charge in [0.15, 0.2) is 0 Å². The molecule has 0 spiro atoms. The number of hydrogen-bond acceptors (Lipinski definition) is 6. The number of pyridine rings is 1. The largest absolute Gasteiger partial charge is 0.506 e. The molecule has 10 heteroatoms. The van der Waals surface area contributed by atoms with E-state index in [-0.39, 0.29) is 22.7 Å². The summed E-state index contributed by atoms with van der Waals surface area (Å²) in [5.74, 6) is 0.547. The molecule has 0 radical (unpaired) electrons. The first kappa shape index (κ1) is 21.4. The van der Waals surface area contributed by atoms with Gasteiger partial charge in [0.1, 0.15) is 11.4 Å². The molecule has 0 atom stereocenters. The maximum atomic E-state index is 13.0. The van der Waals surface area contributed by atoms with Crippen LogP contribution in [0.5, 0.6) is 5.75 Å². The molecule has 4 rings (SSSR count). The van der Waals surface area contributed by atoms with Gasteiger partial charge in [0, 0.05) is 18.2 Å². The van der Waals surface area contributed by atoms with Crippen molar-refractivity contribution in [2.24, 2.45) is 17.3 Å². The minimum atomic E-state index is -0.504. The van der Waals surface area contributed by atoms with Crippen LogP contribution in [0.25, 0.3) is 18.5 Å². The number of aromatic hydroxyl groups is 1. The van der Waals surface area contributed by atoms with Crippen molar-refractivity contribution in [3.63, 3.8) is 0 Å². The van der Waals surface area contributed by atoms with E-state index in [0.29, 0.717) is 27.6 Å². The second-order valence-corrected chi connectivity index (χ2v) is 7.18. The first-order valence-corrected chi connectivity index (χ1v) is 9.79. The van der Waals surface area contributed by atoms with Gasteiger partial charge < -0.3 is 5.11 Å². The summed E-state index contributed by atoms with van der Waals surface area (Å²) in [6, 6.07) is 15.7. The Kier molecular flexibility index (Phi) is 5.64. The van der Waals surface area contributed by atoms with Gasteiger partial charge in [0.25, 0.3) is 5.69 Å². The van der Waals surface area contributed by atoms with Crippen molar-refractivity contribution < 1.29 is 14.6 Å². The summed E-state index contributed by atoms with van der Waals surface area (Å²) in [6.45, 7) is 3.93. The van der Waals surface area contributed by atoms with E-state index in [1.807, 2.05) is 25.4 Å². The third-order valence-electron chi connectivity index (χ3n) is 4.91. The number of nitro benzene ring substituents is 1. The third kappa shape index (κ3) is 4.44. The van der Waals surface area contributed by atoms with Crippen LogP contribution in [0, 0.1) is 10.1 Å². The number of nitrogens with one attached hydrogen (secondary N) is 1. The normalized spacial score (nSPS) is 11.8. The second-order valence-electron chi connectivity index (χ2n) is 7.18. The summed E-state index contributed by atoms with van der Waals surface area (Å²) in [6.07, 6.45) is 3.47. The van der Waals surface area contributed by atoms with Gasteiger partial charge in [0.05, 0.1) is 34.4 Å². The molecule has 2 aromatic carbocycles. The van der Waals surface area contributed by atoms with E-state index in [1.165, 1.54) is 35.0 Å². The van der Waals surface area contributed by atoms with Crippen LogP contribution in [0.4, 0.5) is 17.1 Å². The highest BCUT2D eigenvalue weighted by Gasteiger charge is 2.15. The van der Waals surface area contributed by atoms with E-state index in [9.17, 15) is 20.0 Å². The Hall–Kier alpha value is -4.86. The number of hydrogen-bond donors (Lipinski definition) is 2. The molecule has 33 heavy (non-hydrogen) atoms. The van der Waals surface area contributed by atoms with Crippen molar-refractivity contribution in [1.82, 2.24) is 9.78 Å². The average Bonchev–Trinajstić information content (AvgIpc) is 3.08. The number of nitro groups is 1. The molecule has 2 aromatic heterocycles. The van der Waals surface area contributed by atoms with Crippen molar-refractivity contribution >= 4 is 29.7 Å². The van der Waals surface area contributed by atoms with Crippen LogP contribution in [0.15, 0.2) is 81.9 Å². The van der Waals surface area contributed by atoms with Gasteiger partial charge in [-0.1, -0.05) is 23.4 Å². The maximum absolute atomic E-state index is 13.0. The summed E-state index contributed by atoms with van der Waals surface area (Å²) in [4.78, 5) is 23.2. The quantitative estimate of drug-likeness (QED) is 0.212. The van der Waals surface area contributed by atoms with Crippen LogP contribution in [-0.4, -0.2) is 19.8 Å². The SMILES string of the molecule is C=c1[nH]n(-c2cccc[n+]2C)c(=O)c1=Cc1ccc(O)c(N=Nc2ccc([N+](=O)[O-])cc2)c1. The highest BCUT2D eigenvalue weighted by atomic mass is 16.6. The highest BCUT2D eigenvalue weighted by Crippen LogP contribution is 2.29. The lowest BCUT2D eigenvalue weighted by Crippen LogP contribution is -2.39. The predicted octanol–water partition coefficient (Wildman–Crippen LogP) is 2.26. The van der Waals surface area contributed by atoms with Gasteiger partial charge in [-0.3, -0.25) is 10.1 Å². The fraction of sp³-hybridized carbons (Fsp3) is 0.0435. The Labute approximate surface area is 186 Å². The summed E-state index contributed by atoms with van der Waals surface area (Å²) in [5, 5.41) is 32.7. The number of phenols is 1. The van der Waals surface area contributed by atoms with Crippen LogP contribution in [0.2, 0.25) is 0 Å². The maximum Gasteiger partial charge on any atom is 0.366 e. The Bertz CT molecular complexity index is 1550. The van der Waals surface area contributed by atoms with Gasteiger partial charge in [0.2, 0.25) is 0 Å². The number of rotatable bonds is 5. The summed E-state index contributed by atoms with van der Waals surface area (Å²) in [5.41, 5.74) is 0.843. The minimum Gasteiger partial charge on any atom is -0.506 e. The van der Waals surface area contributed by atoms with Crippen LogP contribution in [0.1, 0.15) is 5.56 Å². The monoisotopic (exact) mass is 443 g/mol. The number of phenolic OH excluding ortho intramolecular Hbond substituents is 1. The molecular formula is C23H19N6O4+. The standard InChI is InChI=1S/C23H18N6O4/c1-15-19(23(31)28(26-15)22-5-3-4-12-27(22)2)13-16-6-11-21(30)20(14-16)25-24-17-7-9-18(10-8-17)29(32)33/h3-14,26H,1H2,2H3/p+1. The summed E-state index contributed by atoms with van der Waals surface area (Å²) < 4.78 is 3.21. The number of nitrogens with zero attached hydrogens (tertiary/aromatic N) is 5. The lowest BCUT2D eigenvalue weighted by Gasteiger charge is -2.00. The Balaban J connectivity index is 1.70. The van der Waals surface area contributed by atoms with E-state index in [1.54, 1.807) is 28.8 Å². The zero-order chi connectivity index (χ0) is 23.5. The number of benzene rings is 2. The van der Waals surface area contributed by atoms with Gasteiger partial charge in [-0.2, -0.15) is 5.11 Å². The second kappa shape index (κ2) is 8.71. The van der Waals surface area contributed by atoms with E-state index in [0.717, 1.165) is 0 Å². The van der Waals surface area contributed by atoms with Crippen molar-refractivity contribution in [2.45, 2.75) is 0 Å². The van der Waals surface area contributed by atoms with Gasteiger partial charge in [-0.05, 0) is 42.0 Å². The van der Waals surface area contributed by atoms with Crippen LogP contribution in [-0.2, 0) is 7.05 Å². The molecule has 2 N–H and O–H groups in total. The van der Waals surface area contributed by atoms with Crippen molar-refractivity contribution in [1.29, 1.82) is 0 Å². The Morgan fingerprint density at radius 3 is 2.61 bits per heavy atom. The molecule has 0 aliphatic carbocycles. The van der Waals surface area contributed by atoms with E-state index in [2.05, 4.69) is 21.9 Å². The molecule has 0 aliphatic rings. The molecule has 164 valence electrons. The smallest absolute Gasteiger partial charge is 0.366 e. The topological polar surface area (TPSA) is 130 Å². The minimum absolute atomic E-state index is 0.0568. The molecule has 0 aliphatic heterocycles. The van der Waals surface area contributed by atoms with Gasteiger partial charge in [-0.25, -0.2) is 14.5 Å². The first-order chi connectivity index (χ1) is 15.8. The number of H-pyrrole nitrogens is 1. The highest BCUT2D eigenvalue weighted by molar-refractivity contribution is 5.61. The molecule has 0 unspecified atom stereocenters. The predicted molar refractivity (Wildman–Crippen MR) is 121 cm³/mol. The molecule has 0 saturated carbocycles. The van der Waals surface area contributed by atoms with Gasteiger partial charge >= 0.3 is 11.4 Å². The summed E-state index contributed by atoms with van der Waals surface area (Å²) >= 11 is 0. The van der Waals surface area contributed by atoms with Crippen LogP contribution in [0.3, 0.4) is 0 Å². The van der Waals surface area contributed by atoms with Gasteiger partial charge in [-0.15, -0.1) is 5.11 Å². The molecule has 10 nitrogen and oxygen atoms in total. The lowest BCUT2D eigenvalue weighted by atomic mass is 10.1. The van der Waals surface area contributed by atoms with E-state index >= 15 is 0 Å². The van der Waals surface area contributed by atoms with E-state index < -0.39 is 4.92 Å². The first-order valence-electron chi connectivity index (χ1n) is 9.79. The molecule has 4 aromatic rings. The fourth-order valence-electron chi connectivity index (χ4n) is 3.18. The van der Waals surface area contributed by atoms with Crippen LogP contribution < -0.4 is 20.7 Å². The van der Waals surface area contributed by atoms with Crippen molar-refractivity contribution in [3.8, 4) is 11.6 Å². The number of aromatic amines is 1. The average molecular weight is 443 g/mol. The number of azo groups is 1. The third-order valence-corrected chi connectivity index (χ3v) is 4.91. The number of aryl methyl sites for hydroxylation is 1. The van der Waals surface area contributed by atoms with E-state index in [4.69, 9.17) is 0 Å². The molecule has 0 saturated heterocycles. The molecule has 0 bridgehead atoms.